The smallest absolute Gasteiger partial charge is 0.410 e. The lowest BCUT2D eigenvalue weighted by Gasteiger charge is -2.31. The molecule has 0 radical (unpaired) electrons. The zero-order valence-electron chi connectivity index (χ0n) is 12.2. The van der Waals surface area contributed by atoms with E-state index in [4.69, 9.17) is 4.74 Å². The Kier molecular flexibility index (Phi) is 5.87. The van der Waals surface area contributed by atoms with Crippen molar-refractivity contribution >= 4 is 6.09 Å². The van der Waals surface area contributed by atoms with Gasteiger partial charge in [0.1, 0.15) is 6.61 Å². The van der Waals surface area contributed by atoms with Crippen molar-refractivity contribution < 1.29 is 9.53 Å². The van der Waals surface area contributed by atoms with E-state index in [1.807, 2.05) is 42.3 Å². The number of carbonyl (C=O) groups is 1. The van der Waals surface area contributed by atoms with Gasteiger partial charge in [-0.2, -0.15) is 0 Å². The Labute approximate surface area is 121 Å². The summed E-state index contributed by atoms with van der Waals surface area (Å²) in [6.07, 6.45) is 3.19. The Morgan fingerprint density at radius 1 is 1.30 bits per heavy atom. The Hall–Kier alpha value is -1.55. The lowest BCUT2D eigenvalue weighted by Crippen LogP contribution is -2.39. The van der Waals surface area contributed by atoms with E-state index in [1.54, 1.807) is 0 Å². The van der Waals surface area contributed by atoms with Crippen LogP contribution in [0.25, 0.3) is 0 Å². The fourth-order valence-corrected chi connectivity index (χ4v) is 2.56. The summed E-state index contributed by atoms with van der Waals surface area (Å²) in [6, 6.07) is 9.81. The largest absolute Gasteiger partial charge is 0.445 e. The molecule has 1 fully saturated rings. The molecule has 0 aliphatic carbocycles. The zero-order valence-corrected chi connectivity index (χ0v) is 12.2. The average molecular weight is 276 g/mol. The van der Waals surface area contributed by atoms with Crippen LogP contribution in [0.15, 0.2) is 30.3 Å². The molecular weight excluding hydrogens is 252 g/mol. The number of benzene rings is 1. The van der Waals surface area contributed by atoms with E-state index in [1.165, 1.54) is 6.42 Å². The number of nitrogens with zero attached hydrogens (tertiary/aromatic N) is 1. The van der Waals surface area contributed by atoms with Gasteiger partial charge < -0.3 is 15.0 Å². The van der Waals surface area contributed by atoms with Crippen LogP contribution in [0.5, 0.6) is 0 Å². The molecule has 0 saturated carbocycles. The molecule has 0 bridgehead atoms. The van der Waals surface area contributed by atoms with Crippen LogP contribution < -0.4 is 5.32 Å². The molecule has 4 nitrogen and oxygen atoms in total. The summed E-state index contributed by atoms with van der Waals surface area (Å²) in [5.41, 5.74) is 1.03. The fraction of sp³-hybridized carbons (Fsp3) is 0.562. The van der Waals surface area contributed by atoms with Gasteiger partial charge in [0.25, 0.3) is 0 Å². The fourth-order valence-electron chi connectivity index (χ4n) is 2.56. The number of nitrogens with one attached hydrogen (secondary N) is 1. The van der Waals surface area contributed by atoms with Crippen LogP contribution in [-0.4, -0.2) is 37.7 Å². The van der Waals surface area contributed by atoms with E-state index < -0.39 is 0 Å². The third-order valence-corrected chi connectivity index (χ3v) is 3.88. The maximum absolute atomic E-state index is 12.0. The van der Waals surface area contributed by atoms with Crippen LogP contribution in [0.4, 0.5) is 4.79 Å². The predicted molar refractivity (Wildman–Crippen MR) is 79.5 cm³/mol. The van der Waals surface area contributed by atoms with Gasteiger partial charge in [-0.1, -0.05) is 30.3 Å². The minimum absolute atomic E-state index is 0.180. The van der Waals surface area contributed by atoms with Crippen molar-refractivity contribution in [3.05, 3.63) is 35.9 Å². The van der Waals surface area contributed by atoms with Crippen molar-refractivity contribution in [2.24, 2.45) is 5.92 Å². The van der Waals surface area contributed by atoms with Crippen molar-refractivity contribution in [1.82, 2.24) is 10.2 Å². The molecule has 1 aliphatic heterocycles. The van der Waals surface area contributed by atoms with Crippen LogP contribution in [0, 0.1) is 5.92 Å². The summed E-state index contributed by atoms with van der Waals surface area (Å²) < 4.78 is 5.36. The molecule has 1 heterocycles. The first-order valence-electron chi connectivity index (χ1n) is 7.40. The van der Waals surface area contributed by atoms with Gasteiger partial charge in [0.15, 0.2) is 0 Å². The molecule has 0 spiro atoms. The number of hydrogen-bond donors (Lipinski definition) is 1. The molecular formula is C16H24N2O2. The Morgan fingerprint density at radius 2 is 2.00 bits per heavy atom. The molecule has 2 rings (SSSR count). The monoisotopic (exact) mass is 276 g/mol. The van der Waals surface area contributed by atoms with Crippen molar-refractivity contribution in [1.29, 1.82) is 0 Å². The average Bonchev–Trinajstić information content (AvgIpc) is 2.52. The third-order valence-electron chi connectivity index (χ3n) is 3.88. The maximum atomic E-state index is 12.0. The minimum Gasteiger partial charge on any atom is -0.445 e. The first-order valence-corrected chi connectivity index (χ1v) is 7.40. The zero-order chi connectivity index (χ0) is 14.2. The molecule has 1 N–H and O–H groups in total. The second kappa shape index (κ2) is 7.90. The number of piperidine rings is 1. The van der Waals surface area contributed by atoms with E-state index in [2.05, 4.69) is 5.32 Å². The first-order chi connectivity index (χ1) is 9.79. The summed E-state index contributed by atoms with van der Waals surface area (Å²) in [6.45, 7) is 3.06. The number of hydrogen-bond acceptors (Lipinski definition) is 3. The second-order valence-corrected chi connectivity index (χ2v) is 5.36. The molecule has 110 valence electrons. The molecule has 0 unspecified atom stereocenters. The van der Waals surface area contributed by atoms with Gasteiger partial charge in [-0.05, 0) is 44.3 Å². The lowest BCUT2D eigenvalue weighted by molar-refractivity contribution is 0.0816. The molecule has 1 amide bonds. The number of amides is 1. The van der Waals surface area contributed by atoms with Gasteiger partial charge in [0.05, 0.1) is 0 Å². The quantitative estimate of drug-likeness (QED) is 0.899. The molecule has 1 saturated heterocycles. The highest BCUT2D eigenvalue weighted by Crippen LogP contribution is 2.20. The van der Waals surface area contributed by atoms with E-state index in [0.29, 0.717) is 6.61 Å². The van der Waals surface area contributed by atoms with Gasteiger partial charge in [-0.15, -0.1) is 0 Å². The van der Waals surface area contributed by atoms with Crippen molar-refractivity contribution in [2.75, 3.05) is 26.7 Å². The Morgan fingerprint density at radius 3 is 2.65 bits per heavy atom. The van der Waals surface area contributed by atoms with Crippen LogP contribution >= 0.6 is 0 Å². The first kappa shape index (κ1) is 14.9. The predicted octanol–water partition coefficient (Wildman–Crippen LogP) is 2.64. The number of rotatable bonds is 5. The second-order valence-electron chi connectivity index (χ2n) is 5.36. The SMILES string of the molecule is CNCCC1CCN(C(=O)OCc2ccccc2)CC1. The highest BCUT2D eigenvalue weighted by atomic mass is 16.6. The third kappa shape index (κ3) is 4.53. The van der Waals surface area contributed by atoms with Crippen molar-refractivity contribution in [3.8, 4) is 0 Å². The van der Waals surface area contributed by atoms with Gasteiger partial charge in [0.2, 0.25) is 0 Å². The van der Waals surface area contributed by atoms with Crippen LogP contribution in [0.2, 0.25) is 0 Å². The molecule has 1 aromatic carbocycles. The topological polar surface area (TPSA) is 41.6 Å². The Balaban J connectivity index is 1.69. The molecule has 20 heavy (non-hydrogen) atoms. The van der Waals surface area contributed by atoms with Crippen molar-refractivity contribution in [2.45, 2.75) is 25.9 Å². The summed E-state index contributed by atoms with van der Waals surface area (Å²) in [4.78, 5) is 13.8. The van der Waals surface area contributed by atoms with Gasteiger partial charge >= 0.3 is 6.09 Å². The molecule has 4 heteroatoms. The normalized spacial score (nSPS) is 16.1. The van der Waals surface area contributed by atoms with Crippen LogP contribution in [0.1, 0.15) is 24.8 Å². The summed E-state index contributed by atoms with van der Waals surface area (Å²) in [5.74, 6) is 0.737. The Bertz CT molecular complexity index is 400. The van der Waals surface area contributed by atoms with Gasteiger partial charge in [-0.3, -0.25) is 0 Å². The summed E-state index contributed by atoms with van der Waals surface area (Å²) in [7, 11) is 1.98. The van der Waals surface area contributed by atoms with E-state index in [9.17, 15) is 4.79 Å². The number of carbonyl (C=O) groups excluding carboxylic acids is 1. The number of ether oxygens (including phenoxy) is 1. The number of likely N-dealkylation sites (tertiary alicyclic amines) is 1. The van der Waals surface area contributed by atoms with Crippen molar-refractivity contribution in [3.63, 3.8) is 0 Å². The van der Waals surface area contributed by atoms with Gasteiger partial charge in [0, 0.05) is 13.1 Å². The van der Waals surface area contributed by atoms with Crippen LogP contribution in [-0.2, 0) is 11.3 Å². The molecule has 0 atom stereocenters. The van der Waals surface area contributed by atoms with Crippen LogP contribution in [0.3, 0.4) is 0 Å². The minimum atomic E-state index is -0.180. The summed E-state index contributed by atoms with van der Waals surface area (Å²) >= 11 is 0. The highest BCUT2D eigenvalue weighted by Gasteiger charge is 2.23. The van der Waals surface area contributed by atoms with Gasteiger partial charge in [-0.25, -0.2) is 4.79 Å². The van der Waals surface area contributed by atoms with E-state index in [-0.39, 0.29) is 6.09 Å². The van der Waals surface area contributed by atoms with E-state index in [0.717, 1.165) is 44.0 Å². The molecule has 0 aromatic heterocycles. The standard InChI is InChI=1S/C16H24N2O2/c1-17-10-7-14-8-11-18(12-9-14)16(19)20-13-15-5-3-2-4-6-15/h2-6,14,17H,7-13H2,1H3. The van der Waals surface area contributed by atoms with E-state index >= 15 is 0 Å². The molecule has 1 aliphatic rings. The summed E-state index contributed by atoms with van der Waals surface area (Å²) in [5, 5.41) is 3.18. The lowest BCUT2D eigenvalue weighted by atomic mass is 9.94. The molecule has 1 aromatic rings. The maximum Gasteiger partial charge on any atom is 0.410 e. The highest BCUT2D eigenvalue weighted by molar-refractivity contribution is 5.67.